The first-order chi connectivity index (χ1) is 35.9. The smallest absolute Gasteiger partial charge is 0.231 e. The number of anilines is 4. The van der Waals surface area contributed by atoms with E-state index in [9.17, 15) is 10.1 Å². The summed E-state index contributed by atoms with van der Waals surface area (Å²) in [6.45, 7) is 3.74. The number of allylic oxidation sites excluding steroid dienone is 1. The maximum Gasteiger partial charge on any atom is 0.231 e. The number of ether oxygens (including phenoxy) is 2. The molecule has 8 aromatic rings. The van der Waals surface area contributed by atoms with E-state index in [0.29, 0.717) is 56.7 Å². The minimum absolute atomic E-state index is 0.160. The lowest BCUT2D eigenvalue weighted by Gasteiger charge is -2.22. The topological polar surface area (TPSA) is 258 Å². The third-order valence-electron chi connectivity index (χ3n) is 13.9. The summed E-state index contributed by atoms with van der Waals surface area (Å²) in [6.07, 6.45) is 21.2. The number of aromatic nitrogens is 8. The van der Waals surface area contributed by atoms with Crippen molar-refractivity contribution < 1.29 is 18.7 Å². The number of hydrogen-bond acceptors (Lipinski definition) is 18. The fourth-order valence-electron chi connectivity index (χ4n) is 10.1. The van der Waals surface area contributed by atoms with Crippen molar-refractivity contribution in [2.24, 2.45) is 4.99 Å². The molecule has 1 aliphatic carbocycles. The van der Waals surface area contributed by atoms with Crippen LogP contribution in [0.4, 0.5) is 23.0 Å². The standard InChI is InChI=1S/C53H46N16O4/c54-21-29-5-14-58-46(15-29)71-38-19-43(48-45(20-38)72-52(66-48)39-16-32(22-59-50(39)55)34-25-62-68(27-34)36-6-10-56-11-7-36)64-51-40(17-33(23-60-51)35-26-63-69(28-35)37-8-12-57-13-9-37)53-65-41-3-4-44(70)47(49(41)73-53)30-1-2-31-24-61-67-42(31)18-30/h1-5,14-20,22-28,36-37,41,49,56-57,61,67H,6-13H2,(H2,55,59)(H,60,64)/b47-30+. The summed E-state index contributed by atoms with van der Waals surface area (Å²) >= 11 is 0. The number of carbonyl (C=O) groups is 1. The van der Waals surface area contributed by atoms with Gasteiger partial charge in [-0.15, -0.1) is 0 Å². The molecule has 7 N–H and O–H groups in total. The van der Waals surface area contributed by atoms with E-state index < -0.39 is 12.1 Å². The lowest BCUT2D eigenvalue weighted by molar-refractivity contribution is -0.110. The van der Waals surface area contributed by atoms with Gasteiger partial charge < -0.3 is 46.4 Å². The van der Waals surface area contributed by atoms with Crippen LogP contribution in [0.15, 0.2) is 120 Å². The van der Waals surface area contributed by atoms with E-state index in [0.717, 1.165) is 90.2 Å². The highest BCUT2D eigenvalue weighted by Crippen LogP contribution is 2.40. The molecule has 2 atom stereocenters. The lowest BCUT2D eigenvalue weighted by atomic mass is 9.91. The van der Waals surface area contributed by atoms with E-state index in [1.807, 2.05) is 64.5 Å². The number of ketones is 1. The monoisotopic (exact) mass is 970 g/mol. The second kappa shape index (κ2) is 18.2. The van der Waals surface area contributed by atoms with Crippen molar-refractivity contribution in [3.8, 4) is 51.4 Å². The zero-order valence-corrected chi connectivity index (χ0v) is 39.1. The van der Waals surface area contributed by atoms with Crippen LogP contribution in [0.3, 0.4) is 0 Å². The summed E-state index contributed by atoms with van der Waals surface area (Å²) in [7, 11) is 0. The Morgan fingerprint density at radius 3 is 2.32 bits per heavy atom. The van der Waals surface area contributed by atoms with Crippen LogP contribution in [-0.2, 0) is 9.53 Å². The zero-order valence-electron chi connectivity index (χ0n) is 39.1. The minimum Gasteiger partial charge on any atom is -0.466 e. The van der Waals surface area contributed by atoms with E-state index in [-0.39, 0.29) is 35.3 Å². The predicted octanol–water partition coefficient (Wildman–Crippen LogP) is 5.42. The summed E-state index contributed by atoms with van der Waals surface area (Å²) in [6, 6.07) is 18.5. The van der Waals surface area contributed by atoms with Gasteiger partial charge in [0, 0.05) is 88.4 Å². The average molecular weight is 971 g/mol. The average Bonchev–Trinajstić information content (AvgIpc) is 4.30. The molecule has 2 aromatic carbocycles. The largest absolute Gasteiger partial charge is 0.466 e. The Labute approximate surface area is 416 Å². The van der Waals surface area contributed by atoms with E-state index in [1.165, 1.54) is 6.20 Å². The number of hydrogen-bond donors (Lipinski definition) is 6. The van der Waals surface area contributed by atoms with Crippen LogP contribution in [0.2, 0.25) is 0 Å². The molecule has 0 radical (unpaired) electrons. The SMILES string of the molecule is N#Cc1ccnc(Oc2cc(Nc3ncc(-c4cnn(C5CCNCC5)c4)cc3C3=NC4C=CC(=O)/C(=c5/ccc6c(c5)NNC=6)C4O3)c3nc(-c4cc(-c5cnn(C6CCNCC6)c5)cnc4N)oc3c2)c1. The molecular weight excluding hydrogens is 925 g/mol. The van der Waals surface area contributed by atoms with Gasteiger partial charge in [-0.1, -0.05) is 18.2 Å². The van der Waals surface area contributed by atoms with Crippen LogP contribution in [0, 0.1) is 11.3 Å². The summed E-state index contributed by atoms with van der Waals surface area (Å²) in [5, 5.41) is 31.2. The van der Waals surface area contributed by atoms with E-state index in [1.54, 1.807) is 48.8 Å². The molecule has 0 bridgehead atoms. The molecule has 0 saturated carbocycles. The van der Waals surface area contributed by atoms with Gasteiger partial charge in [0.05, 0.1) is 58.6 Å². The van der Waals surface area contributed by atoms with Crippen LogP contribution in [0.5, 0.6) is 11.6 Å². The maximum atomic E-state index is 13.8. The number of aliphatic imine (C=N–C) groups is 1. The van der Waals surface area contributed by atoms with Crippen molar-refractivity contribution in [3.63, 3.8) is 0 Å². The molecular formula is C53H46N16O4. The summed E-state index contributed by atoms with van der Waals surface area (Å²) < 4.78 is 23.7. The van der Waals surface area contributed by atoms with Crippen molar-refractivity contribution >= 4 is 57.6 Å². The first-order valence-corrected chi connectivity index (χ1v) is 24.2. The van der Waals surface area contributed by atoms with Crippen molar-refractivity contribution in [3.05, 3.63) is 132 Å². The number of carbonyl (C=O) groups excluding carboxylic acids is 1. The number of nitriles is 1. The number of pyridine rings is 3. The Bertz CT molecular complexity index is 3740. The molecule has 10 heterocycles. The number of nitrogen functional groups attached to an aromatic ring is 1. The summed E-state index contributed by atoms with van der Waals surface area (Å²) in [5.74, 6) is 1.46. The molecule has 0 spiro atoms. The van der Waals surface area contributed by atoms with Crippen molar-refractivity contribution in [1.82, 2.24) is 55.6 Å². The number of nitrogens with two attached hydrogens (primary N) is 1. The number of oxazole rings is 1. The van der Waals surface area contributed by atoms with E-state index >= 15 is 0 Å². The molecule has 73 heavy (non-hydrogen) atoms. The number of nitrogens with zero attached hydrogens (tertiary/aromatic N) is 10. The number of fused-ring (bicyclic) bond motifs is 3. The van der Waals surface area contributed by atoms with Gasteiger partial charge in [-0.25, -0.2) is 24.9 Å². The Balaban J connectivity index is 0.911. The lowest BCUT2D eigenvalue weighted by Crippen LogP contribution is -2.34. The highest BCUT2D eigenvalue weighted by atomic mass is 16.5. The molecule has 4 aliphatic heterocycles. The fourth-order valence-corrected chi connectivity index (χ4v) is 10.1. The molecule has 20 nitrogen and oxygen atoms in total. The molecule has 0 amide bonds. The van der Waals surface area contributed by atoms with Crippen LogP contribution < -0.4 is 47.7 Å². The van der Waals surface area contributed by atoms with Gasteiger partial charge in [0.2, 0.25) is 17.7 Å². The highest BCUT2D eigenvalue weighted by Gasteiger charge is 2.39. The second-order valence-electron chi connectivity index (χ2n) is 18.5. The normalized spacial score (nSPS) is 19.3. The number of benzene rings is 2. The van der Waals surface area contributed by atoms with Crippen LogP contribution in [0.25, 0.3) is 56.6 Å². The van der Waals surface area contributed by atoms with Crippen LogP contribution >= 0.6 is 0 Å². The first-order valence-electron chi connectivity index (χ1n) is 24.2. The van der Waals surface area contributed by atoms with Gasteiger partial charge in [-0.3, -0.25) is 14.2 Å². The van der Waals surface area contributed by atoms with Gasteiger partial charge >= 0.3 is 0 Å². The Kier molecular flexibility index (Phi) is 10.9. The van der Waals surface area contributed by atoms with Gasteiger partial charge in [0.1, 0.15) is 28.9 Å². The van der Waals surface area contributed by atoms with Crippen LogP contribution in [-0.4, -0.2) is 89.5 Å². The second-order valence-corrected chi connectivity index (χ2v) is 18.5. The molecule has 6 aromatic heterocycles. The molecule has 2 saturated heterocycles. The molecule has 20 heteroatoms. The van der Waals surface area contributed by atoms with E-state index in [2.05, 4.69) is 49.0 Å². The molecule has 13 rings (SSSR count). The molecule has 2 unspecified atom stereocenters. The quantitative estimate of drug-likeness (QED) is 0.100. The van der Waals surface area contributed by atoms with Crippen LogP contribution in [0.1, 0.15) is 48.9 Å². The minimum atomic E-state index is -0.713. The number of rotatable bonds is 10. The number of piperidine rings is 2. The first kappa shape index (κ1) is 43.8. The van der Waals surface area contributed by atoms with Crippen molar-refractivity contribution in [1.29, 1.82) is 5.26 Å². The highest BCUT2D eigenvalue weighted by molar-refractivity contribution is 6.24. The maximum absolute atomic E-state index is 13.8. The summed E-state index contributed by atoms with van der Waals surface area (Å²) in [4.78, 5) is 37.9. The van der Waals surface area contributed by atoms with Gasteiger partial charge in [0.25, 0.3) is 0 Å². The van der Waals surface area contributed by atoms with Crippen molar-refractivity contribution in [2.45, 2.75) is 49.9 Å². The third-order valence-corrected chi connectivity index (χ3v) is 13.9. The summed E-state index contributed by atoms with van der Waals surface area (Å²) in [5.41, 5.74) is 20.0. The van der Waals surface area contributed by atoms with Crippen molar-refractivity contribution in [2.75, 3.05) is 42.7 Å². The Hall–Kier alpha value is -9.19. The molecule has 5 aliphatic rings. The Morgan fingerprint density at radius 2 is 1.56 bits per heavy atom. The van der Waals surface area contributed by atoms with Gasteiger partial charge in [0.15, 0.2) is 17.5 Å². The third kappa shape index (κ3) is 8.35. The van der Waals surface area contributed by atoms with E-state index in [4.69, 9.17) is 44.8 Å². The molecule has 2 fully saturated rings. The van der Waals surface area contributed by atoms with Gasteiger partial charge in [-0.2, -0.15) is 15.5 Å². The number of nitrogens with one attached hydrogen (secondary N) is 5. The molecule has 362 valence electrons. The zero-order chi connectivity index (χ0) is 49.0. The number of hydrazine groups is 1. The predicted molar refractivity (Wildman–Crippen MR) is 273 cm³/mol. The van der Waals surface area contributed by atoms with Gasteiger partial charge in [-0.05, 0) is 87.4 Å². The fraction of sp³-hybridized carbons (Fsp3) is 0.226. The Morgan fingerprint density at radius 1 is 0.822 bits per heavy atom.